The van der Waals surface area contributed by atoms with E-state index in [1.54, 1.807) is 24.7 Å². The number of aromatic nitrogens is 2. The first kappa shape index (κ1) is 15.2. The molecular formula is C14H16F3N3O. The largest absolute Gasteiger partial charge is 0.484 e. The fraction of sp³-hybridized carbons (Fsp3) is 0.357. The maximum Gasteiger partial charge on any atom is 0.422 e. The summed E-state index contributed by atoms with van der Waals surface area (Å²) >= 11 is 0. The summed E-state index contributed by atoms with van der Waals surface area (Å²) < 4.78 is 42.7. The van der Waals surface area contributed by atoms with Crippen molar-refractivity contribution in [3.8, 4) is 5.75 Å². The van der Waals surface area contributed by atoms with Crippen molar-refractivity contribution >= 4 is 5.69 Å². The summed E-state index contributed by atoms with van der Waals surface area (Å²) in [4.78, 5) is 4.06. The van der Waals surface area contributed by atoms with Gasteiger partial charge in [0, 0.05) is 18.4 Å². The van der Waals surface area contributed by atoms with Crippen molar-refractivity contribution in [2.75, 3.05) is 11.9 Å². The molecule has 1 N–H and O–H groups in total. The number of halogens is 3. The van der Waals surface area contributed by atoms with E-state index in [0.29, 0.717) is 6.54 Å². The zero-order chi connectivity index (χ0) is 15.3. The molecule has 114 valence electrons. The SMILES string of the molecule is CCn1cncc1CNc1ccc(OCC(F)(F)F)cc1. The fourth-order valence-corrected chi connectivity index (χ4v) is 1.81. The number of aryl methyl sites for hydroxylation is 1. The minimum Gasteiger partial charge on any atom is -0.484 e. The molecule has 0 amide bonds. The number of hydrogen-bond acceptors (Lipinski definition) is 3. The molecule has 0 saturated heterocycles. The van der Waals surface area contributed by atoms with Crippen LogP contribution in [0.5, 0.6) is 5.75 Å². The number of imidazole rings is 1. The number of nitrogens with zero attached hydrogens (tertiary/aromatic N) is 2. The molecule has 0 radical (unpaired) electrons. The number of nitrogens with one attached hydrogen (secondary N) is 1. The molecule has 0 fully saturated rings. The summed E-state index contributed by atoms with van der Waals surface area (Å²) in [5.41, 5.74) is 1.84. The molecule has 21 heavy (non-hydrogen) atoms. The predicted octanol–water partition coefficient (Wildman–Crippen LogP) is 3.46. The second kappa shape index (κ2) is 6.51. The lowest BCUT2D eigenvalue weighted by molar-refractivity contribution is -0.153. The number of benzene rings is 1. The van der Waals surface area contributed by atoms with Crippen LogP contribution in [0.4, 0.5) is 18.9 Å². The van der Waals surface area contributed by atoms with Gasteiger partial charge in [0.25, 0.3) is 0 Å². The molecule has 1 aromatic carbocycles. The summed E-state index contributed by atoms with van der Waals surface area (Å²) in [6, 6.07) is 6.37. The van der Waals surface area contributed by atoms with Crippen molar-refractivity contribution in [2.45, 2.75) is 26.2 Å². The minimum atomic E-state index is -4.32. The Hall–Kier alpha value is -2.18. The Balaban J connectivity index is 1.88. The number of rotatable bonds is 6. The van der Waals surface area contributed by atoms with Crippen molar-refractivity contribution in [2.24, 2.45) is 0 Å². The van der Waals surface area contributed by atoms with Gasteiger partial charge in [-0.15, -0.1) is 0 Å². The van der Waals surface area contributed by atoms with Gasteiger partial charge in [-0.1, -0.05) is 0 Å². The van der Waals surface area contributed by atoms with Gasteiger partial charge in [0.1, 0.15) is 5.75 Å². The Kier molecular flexibility index (Phi) is 4.72. The van der Waals surface area contributed by atoms with Crippen LogP contribution in [0, 0.1) is 0 Å². The molecule has 0 aliphatic carbocycles. The second-order valence-corrected chi connectivity index (χ2v) is 4.45. The Morgan fingerprint density at radius 2 is 1.95 bits per heavy atom. The summed E-state index contributed by atoms with van der Waals surface area (Å²) in [6.45, 7) is 2.17. The third kappa shape index (κ3) is 4.70. The van der Waals surface area contributed by atoms with E-state index in [0.717, 1.165) is 17.9 Å². The fourth-order valence-electron chi connectivity index (χ4n) is 1.81. The van der Waals surface area contributed by atoms with Crippen LogP contribution in [0.1, 0.15) is 12.6 Å². The van der Waals surface area contributed by atoms with Crippen molar-refractivity contribution in [3.63, 3.8) is 0 Å². The molecule has 0 aliphatic rings. The third-order valence-electron chi connectivity index (χ3n) is 2.87. The molecule has 2 aromatic rings. The van der Waals surface area contributed by atoms with Gasteiger partial charge in [0.05, 0.1) is 18.6 Å². The summed E-state index contributed by atoms with van der Waals surface area (Å²) in [5.74, 6) is 0.191. The van der Waals surface area contributed by atoms with E-state index in [-0.39, 0.29) is 5.75 Å². The van der Waals surface area contributed by atoms with Gasteiger partial charge in [-0.3, -0.25) is 0 Å². The van der Waals surface area contributed by atoms with Crippen molar-refractivity contribution in [1.29, 1.82) is 0 Å². The van der Waals surface area contributed by atoms with E-state index in [9.17, 15) is 13.2 Å². The lowest BCUT2D eigenvalue weighted by atomic mass is 10.3. The van der Waals surface area contributed by atoms with Crippen LogP contribution in [-0.4, -0.2) is 22.3 Å². The summed E-state index contributed by atoms with van der Waals surface area (Å²) in [7, 11) is 0. The van der Waals surface area contributed by atoms with Crippen molar-refractivity contribution in [3.05, 3.63) is 42.5 Å². The van der Waals surface area contributed by atoms with Crippen molar-refractivity contribution < 1.29 is 17.9 Å². The maximum absolute atomic E-state index is 12.0. The van der Waals surface area contributed by atoms with E-state index in [1.807, 2.05) is 11.5 Å². The van der Waals surface area contributed by atoms with E-state index in [1.165, 1.54) is 12.1 Å². The van der Waals surface area contributed by atoms with Crippen LogP contribution >= 0.6 is 0 Å². The van der Waals surface area contributed by atoms with Gasteiger partial charge < -0.3 is 14.6 Å². The molecule has 0 aliphatic heterocycles. The Bertz CT molecular complexity index is 564. The molecule has 0 spiro atoms. The minimum absolute atomic E-state index is 0.191. The van der Waals surface area contributed by atoms with Crippen LogP contribution < -0.4 is 10.1 Å². The summed E-state index contributed by atoms with van der Waals surface area (Å²) in [6.07, 6.45) is -0.794. The van der Waals surface area contributed by atoms with Crippen LogP contribution in [0.25, 0.3) is 0 Å². The van der Waals surface area contributed by atoms with Crippen LogP contribution in [0.3, 0.4) is 0 Å². The van der Waals surface area contributed by atoms with E-state index in [4.69, 9.17) is 0 Å². The molecule has 2 rings (SSSR count). The Morgan fingerprint density at radius 1 is 1.24 bits per heavy atom. The topological polar surface area (TPSA) is 39.1 Å². The quantitative estimate of drug-likeness (QED) is 0.888. The molecule has 1 aromatic heterocycles. The highest BCUT2D eigenvalue weighted by molar-refractivity contribution is 5.46. The van der Waals surface area contributed by atoms with Gasteiger partial charge in [-0.2, -0.15) is 13.2 Å². The Labute approximate surface area is 120 Å². The molecular weight excluding hydrogens is 283 g/mol. The molecule has 0 unspecified atom stereocenters. The van der Waals surface area contributed by atoms with Crippen molar-refractivity contribution in [1.82, 2.24) is 9.55 Å². The molecule has 0 atom stereocenters. The lowest BCUT2D eigenvalue weighted by Crippen LogP contribution is -2.19. The summed E-state index contributed by atoms with van der Waals surface area (Å²) in [5, 5.41) is 3.18. The highest BCUT2D eigenvalue weighted by Crippen LogP contribution is 2.20. The highest BCUT2D eigenvalue weighted by Gasteiger charge is 2.28. The highest BCUT2D eigenvalue weighted by atomic mass is 19.4. The number of alkyl halides is 3. The standard InChI is InChI=1S/C14H16F3N3O/c1-2-20-10-18-7-12(20)8-19-11-3-5-13(6-4-11)21-9-14(15,16)17/h3-7,10,19H,2,8-9H2,1H3. The first-order valence-electron chi connectivity index (χ1n) is 6.50. The van der Waals surface area contributed by atoms with Gasteiger partial charge in [0.15, 0.2) is 6.61 Å². The first-order chi connectivity index (χ1) is 9.98. The Morgan fingerprint density at radius 3 is 2.57 bits per heavy atom. The van der Waals surface area contributed by atoms with E-state index in [2.05, 4.69) is 15.0 Å². The first-order valence-corrected chi connectivity index (χ1v) is 6.50. The van der Waals surface area contributed by atoms with Crippen LogP contribution in [0.2, 0.25) is 0 Å². The molecule has 7 heteroatoms. The van der Waals surface area contributed by atoms with E-state index < -0.39 is 12.8 Å². The zero-order valence-electron chi connectivity index (χ0n) is 11.5. The normalized spacial score (nSPS) is 11.4. The van der Waals surface area contributed by atoms with Gasteiger partial charge in [-0.05, 0) is 31.2 Å². The third-order valence-corrected chi connectivity index (χ3v) is 2.87. The van der Waals surface area contributed by atoms with Gasteiger partial charge in [-0.25, -0.2) is 4.98 Å². The maximum atomic E-state index is 12.0. The van der Waals surface area contributed by atoms with Crippen LogP contribution in [0.15, 0.2) is 36.8 Å². The van der Waals surface area contributed by atoms with Gasteiger partial charge in [0.2, 0.25) is 0 Å². The smallest absolute Gasteiger partial charge is 0.422 e. The lowest BCUT2D eigenvalue weighted by Gasteiger charge is -2.11. The number of hydrogen-bond donors (Lipinski definition) is 1. The predicted molar refractivity (Wildman–Crippen MR) is 73.2 cm³/mol. The second-order valence-electron chi connectivity index (χ2n) is 4.45. The molecule has 1 heterocycles. The molecule has 0 bridgehead atoms. The molecule has 0 saturated carbocycles. The van der Waals surface area contributed by atoms with E-state index >= 15 is 0 Å². The molecule has 4 nitrogen and oxygen atoms in total. The monoisotopic (exact) mass is 299 g/mol. The van der Waals surface area contributed by atoms with Crippen LogP contribution in [-0.2, 0) is 13.1 Å². The average molecular weight is 299 g/mol. The number of anilines is 1. The number of ether oxygens (including phenoxy) is 1. The average Bonchev–Trinajstić information content (AvgIpc) is 2.90. The zero-order valence-corrected chi connectivity index (χ0v) is 11.5. The van der Waals surface area contributed by atoms with Gasteiger partial charge >= 0.3 is 6.18 Å².